The highest BCUT2D eigenvalue weighted by Crippen LogP contribution is 2.26. The Morgan fingerprint density at radius 1 is 1.29 bits per heavy atom. The summed E-state index contributed by atoms with van der Waals surface area (Å²) in [4.78, 5) is 11.3. The monoisotopic (exact) mass is 228 g/mol. The molecule has 0 unspecified atom stereocenters. The minimum absolute atomic E-state index is 0.268. The summed E-state index contributed by atoms with van der Waals surface area (Å²) in [6.07, 6.45) is 1.04. The third-order valence-corrected chi connectivity index (χ3v) is 3.22. The van der Waals surface area contributed by atoms with Crippen molar-refractivity contribution in [1.82, 2.24) is 9.97 Å². The number of aromatic nitrogens is 2. The number of hydrogen-bond acceptors (Lipinski definition) is 4. The lowest BCUT2D eigenvalue weighted by Gasteiger charge is -2.19. The topological polar surface area (TPSA) is 55.0 Å². The second kappa shape index (κ2) is 3.96. The molecule has 0 bridgehead atoms. The Morgan fingerprint density at radius 3 is 2.88 bits per heavy atom. The van der Waals surface area contributed by atoms with Crippen LogP contribution in [0.25, 0.3) is 10.9 Å². The first-order valence-corrected chi connectivity index (χ1v) is 5.98. The molecule has 0 amide bonds. The van der Waals surface area contributed by atoms with Crippen LogP contribution in [0.4, 0.5) is 5.82 Å². The predicted molar refractivity (Wildman–Crippen MR) is 69.1 cm³/mol. The van der Waals surface area contributed by atoms with E-state index in [0.717, 1.165) is 42.1 Å². The van der Waals surface area contributed by atoms with Crippen molar-refractivity contribution in [2.45, 2.75) is 19.4 Å². The van der Waals surface area contributed by atoms with Gasteiger partial charge in [-0.05, 0) is 25.5 Å². The Labute approximate surface area is 100 Å². The number of fused-ring (bicyclic) bond motifs is 1. The summed E-state index contributed by atoms with van der Waals surface area (Å²) in [6, 6.07) is 8.41. The van der Waals surface area contributed by atoms with Crippen molar-refractivity contribution in [2.75, 3.05) is 18.0 Å². The Kier molecular flexibility index (Phi) is 2.44. The first-order valence-electron chi connectivity index (χ1n) is 5.98. The van der Waals surface area contributed by atoms with Crippen LogP contribution in [0.5, 0.6) is 0 Å². The molecule has 1 aromatic carbocycles. The van der Waals surface area contributed by atoms with Gasteiger partial charge in [-0.25, -0.2) is 9.97 Å². The summed E-state index contributed by atoms with van der Waals surface area (Å²) in [5.41, 5.74) is 6.97. The van der Waals surface area contributed by atoms with Crippen molar-refractivity contribution in [3.8, 4) is 0 Å². The van der Waals surface area contributed by atoms with Crippen LogP contribution < -0.4 is 10.6 Å². The van der Waals surface area contributed by atoms with E-state index < -0.39 is 0 Å². The van der Waals surface area contributed by atoms with Crippen molar-refractivity contribution in [2.24, 2.45) is 5.73 Å². The SMILES string of the molecule is Cc1nc(N2CC[C@@H](N)C2)c2ccccc2n1. The Balaban J connectivity index is 2.14. The molecule has 3 rings (SSSR count). The molecule has 1 aliphatic heterocycles. The van der Waals surface area contributed by atoms with Crippen molar-refractivity contribution < 1.29 is 0 Å². The number of benzene rings is 1. The molecule has 1 atom stereocenters. The fourth-order valence-corrected chi connectivity index (χ4v) is 2.39. The molecule has 2 heterocycles. The van der Waals surface area contributed by atoms with E-state index >= 15 is 0 Å². The van der Waals surface area contributed by atoms with Gasteiger partial charge in [0, 0.05) is 24.5 Å². The molecule has 4 heteroatoms. The van der Waals surface area contributed by atoms with Gasteiger partial charge >= 0.3 is 0 Å². The average molecular weight is 228 g/mol. The number of nitrogens with two attached hydrogens (primary N) is 1. The molecule has 1 aliphatic rings. The Morgan fingerprint density at radius 2 is 2.12 bits per heavy atom. The van der Waals surface area contributed by atoms with Gasteiger partial charge in [-0.2, -0.15) is 0 Å². The highest BCUT2D eigenvalue weighted by molar-refractivity contribution is 5.89. The molecule has 0 spiro atoms. The van der Waals surface area contributed by atoms with Gasteiger partial charge in [-0.1, -0.05) is 12.1 Å². The van der Waals surface area contributed by atoms with Crippen LogP contribution in [0.1, 0.15) is 12.2 Å². The van der Waals surface area contributed by atoms with Gasteiger partial charge in [-0.3, -0.25) is 0 Å². The highest BCUT2D eigenvalue weighted by Gasteiger charge is 2.22. The van der Waals surface area contributed by atoms with Crippen LogP contribution in [0.15, 0.2) is 24.3 Å². The molecule has 4 nitrogen and oxygen atoms in total. The smallest absolute Gasteiger partial charge is 0.140 e. The van der Waals surface area contributed by atoms with Crippen LogP contribution in [0.2, 0.25) is 0 Å². The molecule has 88 valence electrons. The number of anilines is 1. The van der Waals surface area contributed by atoms with E-state index in [1.807, 2.05) is 25.1 Å². The van der Waals surface area contributed by atoms with E-state index in [-0.39, 0.29) is 6.04 Å². The maximum Gasteiger partial charge on any atom is 0.140 e. The Bertz CT molecular complexity index is 552. The third kappa shape index (κ3) is 1.85. The Hall–Kier alpha value is -1.68. The molecule has 0 radical (unpaired) electrons. The van der Waals surface area contributed by atoms with Crippen LogP contribution >= 0.6 is 0 Å². The van der Waals surface area contributed by atoms with E-state index in [9.17, 15) is 0 Å². The normalized spacial score (nSPS) is 20.1. The minimum atomic E-state index is 0.268. The van der Waals surface area contributed by atoms with Crippen molar-refractivity contribution in [1.29, 1.82) is 0 Å². The fourth-order valence-electron chi connectivity index (χ4n) is 2.39. The summed E-state index contributed by atoms with van der Waals surface area (Å²) in [5, 5.41) is 1.12. The van der Waals surface area contributed by atoms with E-state index in [4.69, 9.17) is 5.73 Å². The first kappa shape index (κ1) is 10.5. The molecular weight excluding hydrogens is 212 g/mol. The molecule has 0 aliphatic carbocycles. The number of para-hydroxylation sites is 1. The molecule has 1 fully saturated rings. The molecule has 1 saturated heterocycles. The van der Waals surface area contributed by atoms with Crippen LogP contribution in [-0.4, -0.2) is 29.1 Å². The summed E-state index contributed by atoms with van der Waals surface area (Å²) in [6.45, 7) is 3.81. The first-order chi connectivity index (χ1) is 8.24. The molecular formula is C13H16N4. The van der Waals surface area contributed by atoms with Crippen LogP contribution in [0, 0.1) is 6.92 Å². The average Bonchev–Trinajstić information content (AvgIpc) is 2.74. The maximum absolute atomic E-state index is 5.96. The molecule has 2 aromatic rings. The van der Waals surface area contributed by atoms with Gasteiger partial charge in [0.15, 0.2) is 0 Å². The number of rotatable bonds is 1. The zero-order valence-electron chi connectivity index (χ0n) is 9.93. The highest BCUT2D eigenvalue weighted by atomic mass is 15.2. The number of hydrogen-bond donors (Lipinski definition) is 1. The fraction of sp³-hybridized carbons (Fsp3) is 0.385. The van der Waals surface area contributed by atoms with E-state index in [2.05, 4.69) is 20.9 Å². The van der Waals surface area contributed by atoms with Gasteiger partial charge in [-0.15, -0.1) is 0 Å². The lowest BCUT2D eigenvalue weighted by Crippen LogP contribution is -2.27. The minimum Gasteiger partial charge on any atom is -0.354 e. The molecule has 2 N–H and O–H groups in total. The van der Waals surface area contributed by atoms with E-state index in [1.165, 1.54) is 0 Å². The second-order valence-electron chi connectivity index (χ2n) is 4.61. The zero-order chi connectivity index (χ0) is 11.8. The quantitative estimate of drug-likeness (QED) is 0.803. The second-order valence-corrected chi connectivity index (χ2v) is 4.61. The summed E-state index contributed by atoms with van der Waals surface area (Å²) < 4.78 is 0. The van der Waals surface area contributed by atoms with Gasteiger partial charge in [0.05, 0.1) is 5.52 Å². The lowest BCUT2D eigenvalue weighted by atomic mass is 10.2. The largest absolute Gasteiger partial charge is 0.354 e. The van der Waals surface area contributed by atoms with Crippen molar-refractivity contribution in [3.05, 3.63) is 30.1 Å². The lowest BCUT2D eigenvalue weighted by molar-refractivity contribution is 0.751. The van der Waals surface area contributed by atoms with Gasteiger partial charge in [0.25, 0.3) is 0 Å². The van der Waals surface area contributed by atoms with Gasteiger partial charge in [0.1, 0.15) is 11.6 Å². The van der Waals surface area contributed by atoms with Gasteiger partial charge in [0.2, 0.25) is 0 Å². The standard InChI is InChI=1S/C13H16N4/c1-9-15-12-5-3-2-4-11(12)13(16-9)17-7-6-10(14)8-17/h2-5,10H,6-8,14H2,1H3/t10-/m1/s1. The number of aryl methyl sites for hydroxylation is 1. The van der Waals surface area contributed by atoms with Crippen LogP contribution in [-0.2, 0) is 0 Å². The predicted octanol–water partition coefficient (Wildman–Crippen LogP) is 1.48. The summed E-state index contributed by atoms with van der Waals surface area (Å²) in [5.74, 6) is 1.85. The third-order valence-electron chi connectivity index (χ3n) is 3.22. The van der Waals surface area contributed by atoms with E-state index in [0.29, 0.717) is 0 Å². The number of nitrogens with zero attached hydrogens (tertiary/aromatic N) is 3. The maximum atomic E-state index is 5.96. The van der Waals surface area contributed by atoms with E-state index in [1.54, 1.807) is 0 Å². The summed E-state index contributed by atoms with van der Waals surface area (Å²) >= 11 is 0. The molecule has 17 heavy (non-hydrogen) atoms. The van der Waals surface area contributed by atoms with Crippen molar-refractivity contribution >= 4 is 16.7 Å². The summed E-state index contributed by atoms with van der Waals surface area (Å²) in [7, 11) is 0. The van der Waals surface area contributed by atoms with Crippen molar-refractivity contribution in [3.63, 3.8) is 0 Å². The van der Waals surface area contributed by atoms with Crippen LogP contribution in [0.3, 0.4) is 0 Å². The van der Waals surface area contributed by atoms with Gasteiger partial charge < -0.3 is 10.6 Å². The molecule has 0 saturated carbocycles. The zero-order valence-corrected chi connectivity index (χ0v) is 9.93. The molecule has 1 aromatic heterocycles.